The van der Waals surface area contributed by atoms with Gasteiger partial charge >= 0.3 is 5.97 Å². The Hall–Kier alpha value is -2.08. The predicted molar refractivity (Wildman–Crippen MR) is 71.2 cm³/mol. The summed E-state index contributed by atoms with van der Waals surface area (Å²) in [6.45, 7) is 2.00. The molecule has 0 unspecified atom stereocenters. The van der Waals surface area contributed by atoms with E-state index >= 15 is 0 Å². The van der Waals surface area contributed by atoms with Gasteiger partial charge in [0.25, 0.3) is 5.78 Å². The lowest BCUT2D eigenvalue weighted by molar-refractivity contribution is -0.137. The van der Waals surface area contributed by atoms with Crippen molar-refractivity contribution in [3.63, 3.8) is 0 Å². The molecular formula is C14H18O6. The topological polar surface area (TPSA) is 71.1 Å². The van der Waals surface area contributed by atoms with Crippen molar-refractivity contribution in [2.75, 3.05) is 27.9 Å². The van der Waals surface area contributed by atoms with Crippen molar-refractivity contribution < 1.29 is 28.5 Å². The maximum atomic E-state index is 11.9. The molecule has 0 bridgehead atoms. The smallest absolute Gasteiger partial charge is 0.379 e. The van der Waals surface area contributed by atoms with Gasteiger partial charge in [0.15, 0.2) is 11.5 Å². The summed E-state index contributed by atoms with van der Waals surface area (Å²) in [4.78, 5) is 23.4. The molecule has 0 atom stereocenters. The number of carbonyl (C=O) groups excluding carboxylic acids is 2. The van der Waals surface area contributed by atoms with Gasteiger partial charge in [-0.1, -0.05) is 0 Å². The Morgan fingerprint density at radius 3 is 2.30 bits per heavy atom. The second kappa shape index (κ2) is 7.49. The Bertz CT molecular complexity index is 495. The third-order valence-electron chi connectivity index (χ3n) is 2.58. The van der Waals surface area contributed by atoms with Crippen molar-refractivity contribution in [1.29, 1.82) is 0 Å². The average molecular weight is 282 g/mol. The van der Waals surface area contributed by atoms with Crippen LogP contribution in [0.4, 0.5) is 0 Å². The SMILES string of the molecule is CCOC(=O)C(=O)c1cc(COC)c(OC)c(OC)c1. The van der Waals surface area contributed by atoms with E-state index in [4.69, 9.17) is 18.9 Å². The molecular weight excluding hydrogens is 264 g/mol. The van der Waals surface area contributed by atoms with Crippen molar-refractivity contribution in [3.05, 3.63) is 23.3 Å². The maximum Gasteiger partial charge on any atom is 0.379 e. The van der Waals surface area contributed by atoms with E-state index in [1.807, 2.05) is 0 Å². The first-order valence-corrected chi connectivity index (χ1v) is 6.04. The van der Waals surface area contributed by atoms with E-state index in [2.05, 4.69) is 0 Å². The summed E-state index contributed by atoms with van der Waals surface area (Å²) in [7, 11) is 4.46. The van der Waals surface area contributed by atoms with Gasteiger partial charge in [0.05, 0.1) is 27.4 Å². The van der Waals surface area contributed by atoms with Crippen molar-refractivity contribution >= 4 is 11.8 Å². The zero-order chi connectivity index (χ0) is 15.1. The van der Waals surface area contributed by atoms with Gasteiger partial charge in [-0.05, 0) is 19.1 Å². The quantitative estimate of drug-likeness (QED) is 0.430. The number of rotatable bonds is 7. The van der Waals surface area contributed by atoms with Crippen LogP contribution in [0.25, 0.3) is 0 Å². The summed E-state index contributed by atoms with van der Waals surface area (Å²) < 4.78 is 20.1. The van der Waals surface area contributed by atoms with Gasteiger partial charge < -0.3 is 18.9 Å². The Kier molecular flexibility index (Phi) is 5.99. The van der Waals surface area contributed by atoms with Crippen LogP contribution in [0.1, 0.15) is 22.8 Å². The van der Waals surface area contributed by atoms with Gasteiger partial charge in [0.2, 0.25) is 0 Å². The number of benzene rings is 1. The Morgan fingerprint density at radius 1 is 1.10 bits per heavy atom. The van der Waals surface area contributed by atoms with E-state index in [-0.39, 0.29) is 18.8 Å². The first-order chi connectivity index (χ1) is 9.58. The fourth-order valence-corrected chi connectivity index (χ4v) is 1.75. The van der Waals surface area contributed by atoms with E-state index in [0.29, 0.717) is 17.1 Å². The highest BCUT2D eigenvalue weighted by Gasteiger charge is 2.22. The summed E-state index contributed by atoms with van der Waals surface area (Å²) in [6, 6.07) is 2.97. The highest BCUT2D eigenvalue weighted by Crippen LogP contribution is 2.33. The minimum Gasteiger partial charge on any atom is -0.493 e. The molecule has 1 rings (SSSR count). The van der Waals surface area contributed by atoms with Crippen LogP contribution in [0.3, 0.4) is 0 Å². The number of ether oxygens (including phenoxy) is 4. The molecule has 0 heterocycles. The van der Waals surface area contributed by atoms with Crippen LogP contribution < -0.4 is 9.47 Å². The number of ketones is 1. The van der Waals surface area contributed by atoms with Crippen LogP contribution in [0.2, 0.25) is 0 Å². The molecule has 1 aromatic rings. The number of methoxy groups -OCH3 is 3. The van der Waals surface area contributed by atoms with E-state index < -0.39 is 11.8 Å². The van der Waals surface area contributed by atoms with Gasteiger partial charge in [-0.3, -0.25) is 4.79 Å². The molecule has 110 valence electrons. The maximum absolute atomic E-state index is 11.9. The predicted octanol–water partition coefficient (Wildman–Crippen LogP) is 1.60. The summed E-state index contributed by atoms with van der Waals surface area (Å²) in [5.41, 5.74) is 0.787. The Labute approximate surface area is 117 Å². The summed E-state index contributed by atoms with van der Waals surface area (Å²) >= 11 is 0. The van der Waals surface area contributed by atoms with E-state index in [0.717, 1.165) is 0 Å². The lowest BCUT2D eigenvalue weighted by Gasteiger charge is -2.14. The highest BCUT2D eigenvalue weighted by molar-refractivity contribution is 6.40. The summed E-state index contributed by atoms with van der Waals surface area (Å²) in [6.07, 6.45) is 0. The normalized spacial score (nSPS) is 10.0. The monoisotopic (exact) mass is 282 g/mol. The van der Waals surface area contributed by atoms with Crippen LogP contribution in [-0.4, -0.2) is 39.7 Å². The van der Waals surface area contributed by atoms with Crippen LogP contribution in [0.5, 0.6) is 11.5 Å². The molecule has 0 saturated carbocycles. The number of Topliss-reactive ketones (excluding diaryl/α,β-unsaturated/α-hetero) is 1. The molecule has 0 radical (unpaired) electrons. The molecule has 6 nitrogen and oxygen atoms in total. The Morgan fingerprint density at radius 2 is 1.80 bits per heavy atom. The highest BCUT2D eigenvalue weighted by atomic mass is 16.5. The average Bonchev–Trinajstić information content (AvgIpc) is 2.46. The summed E-state index contributed by atoms with van der Waals surface area (Å²) in [5.74, 6) is -0.808. The fraction of sp³-hybridized carbons (Fsp3) is 0.429. The molecule has 0 N–H and O–H groups in total. The summed E-state index contributed by atoms with van der Waals surface area (Å²) in [5, 5.41) is 0. The number of hydrogen-bond acceptors (Lipinski definition) is 6. The third-order valence-corrected chi connectivity index (χ3v) is 2.58. The van der Waals surface area contributed by atoms with Crippen molar-refractivity contribution in [1.82, 2.24) is 0 Å². The van der Waals surface area contributed by atoms with Crippen LogP contribution >= 0.6 is 0 Å². The molecule has 0 fully saturated rings. The molecule has 0 spiro atoms. The molecule has 0 aliphatic heterocycles. The van der Waals surface area contributed by atoms with Crippen LogP contribution in [0.15, 0.2) is 12.1 Å². The lowest BCUT2D eigenvalue weighted by atomic mass is 10.1. The minimum atomic E-state index is -0.900. The molecule has 0 aliphatic carbocycles. The molecule has 1 aromatic carbocycles. The van der Waals surface area contributed by atoms with Gasteiger partial charge in [0, 0.05) is 18.2 Å². The molecule has 0 aliphatic rings. The first kappa shape index (κ1) is 16.0. The molecule has 0 amide bonds. The molecule has 0 saturated heterocycles. The van der Waals surface area contributed by atoms with Gasteiger partial charge in [-0.25, -0.2) is 4.79 Å². The first-order valence-electron chi connectivity index (χ1n) is 6.04. The van der Waals surface area contributed by atoms with E-state index in [9.17, 15) is 9.59 Å². The van der Waals surface area contributed by atoms with Crippen LogP contribution in [0, 0.1) is 0 Å². The molecule has 20 heavy (non-hydrogen) atoms. The van der Waals surface area contributed by atoms with E-state index in [1.54, 1.807) is 6.92 Å². The van der Waals surface area contributed by atoms with Crippen molar-refractivity contribution in [2.45, 2.75) is 13.5 Å². The van der Waals surface area contributed by atoms with E-state index in [1.165, 1.54) is 33.5 Å². The van der Waals surface area contributed by atoms with Gasteiger partial charge in [-0.15, -0.1) is 0 Å². The van der Waals surface area contributed by atoms with Gasteiger partial charge in [-0.2, -0.15) is 0 Å². The third kappa shape index (κ3) is 3.48. The standard InChI is InChI=1S/C14H18O6/c1-5-20-14(16)12(15)9-6-10(8-17-2)13(19-4)11(7-9)18-3/h6-7H,5,8H2,1-4H3. The minimum absolute atomic E-state index is 0.142. The van der Waals surface area contributed by atoms with Crippen molar-refractivity contribution in [3.8, 4) is 11.5 Å². The second-order valence-electron chi connectivity index (χ2n) is 3.85. The second-order valence-corrected chi connectivity index (χ2v) is 3.85. The fourth-order valence-electron chi connectivity index (χ4n) is 1.75. The van der Waals surface area contributed by atoms with Crippen molar-refractivity contribution in [2.24, 2.45) is 0 Å². The zero-order valence-corrected chi connectivity index (χ0v) is 12.0. The number of hydrogen-bond donors (Lipinski definition) is 0. The lowest BCUT2D eigenvalue weighted by Crippen LogP contribution is -2.18. The number of carbonyl (C=O) groups is 2. The Balaban J connectivity index is 3.24. The zero-order valence-electron chi connectivity index (χ0n) is 12.0. The number of esters is 1. The molecule has 6 heteroatoms. The van der Waals surface area contributed by atoms with Gasteiger partial charge in [0.1, 0.15) is 0 Å². The largest absolute Gasteiger partial charge is 0.493 e. The molecule has 0 aromatic heterocycles. The van der Waals surface area contributed by atoms with Crippen LogP contribution in [-0.2, 0) is 20.9 Å².